The molecule has 0 spiro atoms. The maximum absolute atomic E-state index is 6.04. The minimum absolute atomic E-state index is 0. The Kier molecular flexibility index (Phi) is 9.73. The highest BCUT2D eigenvalue weighted by Crippen LogP contribution is 2.25. The highest BCUT2D eigenvalue weighted by atomic mass is 35.5. The van der Waals surface area contributed by atoms with Gasteiger partial charge in [-0.1, -0.05) is 6.92 Å². The van der Waals surface area contributed by atoms with Crippen molar-refractivity contribution in [2.24, 2.45) is 5.73 Å². The summed E-state index contributed by atoms with van der Waals surface area (Å²) in [5, 5.41) is 3.91. The fraction of sp³-hybridized carbons (Fsp3) is 0.810. The van der Waals surface area contributed by atoms with E-state index in [-0.39, 0.29) is 24.8 Å². The summed E-state index contributed by atoms with van der Waals surface area (Å²) in [4.78, 5) is 14.6. The van der Waals surface area contributed by atoms with E-state index >= 15 is 0 Å². The van der Waals surface area contributed by atoms with Gasteiger partial charge in [0.2, 0.25) is 5.95 Å². The Morgan fingerprint density at radius 2 is 1.52 bits per heavy atom. The molecular weight excluding hydrogens is 407 g/mol. The monoisotopic (exact) mass is 444 g/mol. The van der Waals surface area contributed by atoms with Crippen molar-refractivity contribution in [3.63, 3.8) is 0 Å². The van der Waals surface area contributed by atoms with Gasteiger partial charge in [0, 0.05) is 56.1 Å². The van der Waals surface area contributed by atoms with E-state index in [9.17, 15) is 0 Å². The zero-order valence-corrected chi connectivity index (χ0v) is 19.3. The number of aromatic nitrogens is 2. The first-order valence-corrected chi connectivity index (χ1v) is 11.1. The first-order valence-electron chi connectivity index (χ1n) is 11.1. The zero-order chi connectivity index (χ0) is 18.6. The highest BCUT2D eigenvalue weighted by Gasteiger charge is 2.26. The molecule has 1 aromatic rings. The number of hydrogen-bond donors (Lipinski definition) is 2. The Hall–Kier alpha value is -0.820. The van der Waals surface area contributed by atoms with Gasteiger partial charge in [0.15, 0.2) is 0 Å². The largest absolute Gasteiger partial charge is 0.356 e. The molecule has 3 N–H and O–H groups in total. The van der Waals surface area contributed by atoms with Gasteiger partial charge in [-0.15, -0.1) is 24.8 Å². The topological polar surface area (TPSA) is 70.3 Å². The molecule has 166 valence electrons. The molecule has 6 nitrogen and oxygen atoms in total. The van der Waals surface area contributed by atoms with Gasteiger partial charge < -0.3 is 20.9 Å². The Labute approximate surface area is 188 Å². The molecule has 1 aromatic heterocycles. The lowest BCUT2D eigenvalue weighted by Gasteiger charge is -2.37. The summed E-state index contributed by atoms with van der Waals surface area (Å²) >= 11 is 0. The Morgan fingerprint density at radius 1 is 0.897 bits per heavy atom. The van der Waals surface area contributed by atoms with Crippen LogP contribution in [0.25, 0.3) is 0 Å². The van der Waals surface area contributed by atoms with Crippen LogP contribution in [0.1, 0.15) is 64.0 Å². The molecule has 3 aliphatic rings. The van der Waals surface area contributed by atoms with E-state index in [1.165, 1.54) is 57.1 Å². The summed E-state index contributed by atoms with van der Waals surface area (Å²) in [6.07, 6.45) is 10.7. The fourth-order valence-electron chi connectivity index (χ4n) is 4.77. The third kappa shape index (κ3) is 6.33. The molecule has 0 atom stereocenters. The van der Waals surface area contributed by atoms with Crippen molar-refractivity contribution in [1.82, 2.24) is 15.3 Å². The van der Waals surface area contributed by atoms with E-state index in [1.54, 1.807) is 0 Å². The van der Waals surface area contributed by atoms with Gasteiger partial charge in [0.05, 0.1) is 0 Å². The minimum Gasteiger partial charge on any atom is -0.356 e. The summed E-state index contributed by atoms with van der Waals surface area (Å²) in [6.45, 7) is 6.56. The van der Waals surface area contributed by atoms with Crippen LogP contribution in [0.4, 0.5) is 11.8 Å². The summed E-state index contributed by atoms with van der Waals surface area (Å²) in [5.74, 6) is 2.08. The number of rotatable bonds is 5. The Balaban J connectivity index is 0.00000150. The molecule has 2 aliphatic heterocycles. The van der Waals surface area contributed by atoms with Crippen LogP contribution in [-0.2, 0) is 6.42 Å². The third-order valence-corrected chi connectivity index (χ3v) is 6.57. The number of hydrogen-bond acceptors (Lipinski definition) is 6. The van der Waals surface area contributed by atoms with E-state index in [4.69, 9.17) is 15.7 Å². The number of piperidine rings is 1. The van der Waals surface area contributed by atoms with Crippen LogP contribution in [-0.4, -0.2) is 54.3 Å². The standard InChI is InChI=1S/C21H36N6.2ClH/c1-2-17-15-20(25-21(24-17)27-11-3-4-12-27)26-13-9-19(10-14-26)23-18-7-5-16(22)6-8-18;;/h15-16,18-19,23H,2-14,22H2,1H3;2*1H. The van der Waals surface area contributed by atoms with Crippen molar-refractivity contribution < 1.29 is 0 Å². The molecular formula is C21H38Cl2N6. The molecule has 0 amide bonds. The maximum Gasteiger partial charge on any atom is 0.227 e. The van der Waals surface area contributed by atoms with Crippen LogP contribution in [0.3, 0.4) is 0 Å². The first kappa shape index (κ1) is 24.4. The molecule has 3 fully saturated rings. The number of nitrogens with zero attached hydrogens (tertiary/aromatic N) is 4. The van der Waals surface area contributed by atoms with Crippen LogP contribution in [0, 0.1) is 0 Å². The molecule has 0 aromatic carbocycles. The molecule has 0 bridgehead atoms. The second kappa shape index (κ2) is 11.5. The quantitative estimate of drug-likeness (QED) is 0.725. The molecule has 3 heterocycles. The van der Waals surface area contributed by atoms with Crippen LogP contribution in [0.15, 0.2) is 6.07 Å². The summed E-state index contributed by atoms with van der Waals surface area (Å²) < 4.78 is 0. The van der Waals surface area contributed by atoms with Gasteiger partial charge in [-0.05, 0) is 57.8 Å². The van der Waals surface area contributed by atoms with Crippen molar-refractivity contribution in [2.75, 3.05) is 36.0 Å². The molecule has 8 heteroatoms. The summed E-state index contributed by atoms with van der Waals surface area (Å²) in [6, 6.07) is 3.95. The van der Waals surface area contributed by atoms with Crippen molar-refractivity contribution >= 4 is 36.6 Å². The van der Waals surface area contributed by atoms with Crippen LogP contribution >= 0.6 is 24.8 Å². The third-order valence-electron chi connectivity index (χ3n) is 6.57. The first-order chi connectivity index (χ1) is 13.2. The number of nitrogens with one attached hydrogen (secondary N) is 1. The maximum atomic E-state index is 6.04. The van der Waals surface area contributed by atoms with Gasteiger partial charge in [0.1, 0.15) is 5.82 Å². The normalized spacial score (nSPS) is 25.4. The van der Waals surface area contributed by atoms with Gasteiger partial charge in [0.25, 0.3) is 0 Å². The van der Waals surface area contributed by atoms with E-state index in [0.29, 0.717) is 18.1 Å². The summed E-state index contributed by atoms with van der Waals surface area (Å²) in [5.41, 5.74) is 7.21. The minimum atomic E-state index is 0. The molecule has 0 radical (unpaired) electrons. The van der Waals surface area contributed by atoms with Crippen LogP contribution in [0.5, 0.6) is 0 Å². The molecule has 2 saturated heterocycles. The van der Waals surface area contributed by atoms with E-state index in [2.05, 4.69) is 28.1 Å². The molecule has 29 heavy (non-hydrogen) atoms. The number of aryl methyl sites for hydroxylation is 1. The molecule has 0 unspecified atom stereocenters. The average molecular weight is 445 g/mol. The smallest absolute Gasteiger partial charge is 0.227 e. The Bertz CT molecular complexity index is 609. The lowest BCUT2D eigenvalue weighted by molar-refractivity contribution is 0.292. The van der Waals surface area contributed by atoms with Crippen molar-refractivity contribution in [3.05, 3.63) is 11.8 Å². The highest BCUT2D eigenvalue weighted by molar-refractivity contribution is 5.85. The van der Waals surface area contributed by atoms with E-state index in [1.807, 2.05) is 0 Å². The predicted molar refractivity (Wildman–Crippen MR) is 126 cm³/mol. The molecule has 1 saturated carbocycles. The lowest BCUT2D eigenvalue weighted by atomic mass is 9.90. The van der Waals surface area contributed by atoms with Crippen LogP contribution < -0.4 is 20.9 Å². The average Bonchev–Trinajstić information content (AvgIpc) is 3.25. The van der Waals surface area contributed by atoms with Crippen molar-refractivity contribution in [3.8, 4) is 0 Å². The number of anilines is 2. The zero-order valence-electron chi connectivity index (χ0n) is 17.7. The van der Waals surface area contributed by atoms with Gasteiger partial charge >= 0.3 is 0 Å². The van der Waals surface area contributed by atoms with Gasteiger partial charge in [-0.2, -0.15) is 4.98 Å². The van der Waals surface area contributed by atoms with Gasteiger partial charge in [-0.3, -0.25) is 0 Å². The van der Waals surface area contributed by atoms with E-state index in [0.717, 1.165) is 44.4 Å². The van der Waals surface area contributed by atoms with Crippen molar-refractivity contribution in [2.45, 2.75) is 82.8 Å². The van der Waals surface area contributed by atoms with Gasteiger partial charge in [-0.25, -0.2) is 4.98 Å². The second-order valence-corrected chi connectivity index (χ2v) is 8.60. The Morgan fingerprint density at radius 3 is 2.14 bits per heavy atom. The van der Waals surface area contributed by atoms with Crippen molar-refractivity contribution in [1.29, 1.82) is 0 Å². The molecule has 4 rings (SSSR count). The number of halogens is 2. The fourth-order valence-corrected chi connectivity index (χ4v) is 4.77. The summed E-state index contributed by atoms with van der Waals surface area (Å²) in [7, 11) is 0. The number of nitrogens with two attached hydrogens (primary N) is 1. The van der Waals surface area contributed by atoms with Crippen LogP contribution in [0.2, 0.25) is 0 Å². The van der Waals surface area contributed by atoms with E-state index < -0.39 is 0 Å². The predicted octanol–water partition coefficient (Wildman–Crippen LogP) is 3.31. The molecule has 1 aliphatic carbocycles. The second-order valence-electron chi connectivity index (χ2n) is 8.60. The lowest BCUT2D eigenvalue weighted by Crippen LogP contribution is -2.48. The SMILES string of the molecule is CCc1cc(N2CCC(NC3CCC(N)CC3)CC2)nc(N2CCCC2)n1.Cl.Cl.